The molecule has 3 aromatic rings. The van der Waals surface area contributed by atoms with Crippen molar-refractivity contribution in [2.75, 3.05) is 14.1 Å². The Hall–Kier alpha value is -2.14. The molecule has 0 fully saturated rings. The molecule has 0 N–H and O–H groups in total. The van der Waals surface area contributed by atoms with Crippen molar-refractivity contribution >= 4 is 27.5 Å². The zero-order valence-corrected chi connectivity index (χ0v) is 13.4. The van der Waals surface area contributed by atoms with E-state index < -0.39 is 0 Å². The molecule has 0 aliphatic rings. The predicted molar refractivity (Wildman–Crippen MR) is 86.4 cm³/mol. The Morgan fingerprint density at radius 2 is 1.86 bits per heavy atom. The number of thiophene rings is 1. The third-order valence-corrected chi connectivity index (χ3v) is 4.63. The van der Waals surface area contributed by atoms with Gasteiger partial charge in [0.2, 0.25) is 0 Å². The molecule has 0 radical (unpaired) electrons. The molecule has 4 nitrogen and oxygen atoms in total. The lowest BCUT2D eigenvalue weighted by atomic mass is 10.2. The van der Waals surface area contributed by atoms with E-state index in [1.807, 2.05) is 12.1 Å². The summed E-state index contributed by atoms with van der Waals surface area (Å²) in [6.45, 7) is 4.10. The second-order valence-electron chi connectivity index (χ2n) is 5.29. The molecule has 5 heteroatoms. The first-order valence-corrected chi connectivity index (χ1v) is 7.57. The van der Waals surface area contributed by atoms with Crippen molar-refractivity contribution in [2.24, 2.45) is 0 Å². The minimum atomic E-state index is 0.0144. The van der Waals surface area contributed by atoms with E-state index in [1.54, 1.807) is 25.2 Å². The monoisotopic (exact) mass is 299 g/mol. The molecule has 0 aromatic carbocycles. The fourth-order valence-electron chi connectivity index (χ4n) is 2.51. The largest absolute Gasteiger partial charge is 0.344 e. The fraction of sp³-hybridized carbons (Fsp3) is 0.250. The maximum Gasteiger partial charge on any atom is 0.265 e. The van der Waals surface area contributed by atoms with E-state index in [4.69, 9.17) is 0 Å². The van der Waals surface area contributed by atoms with Crippen LogP contribution in [0.1, 0.15) is 21.1 Å². The summed E-state index contributed by atoms with van der Waals surface area (Å²) in [5.74, 6) is 0.0144. The minimum absolute atomic E-state index is 0.0144. The lowest BCUT2D eigenvalue weighted by molar-refractivity contribution is 0.0832. The number of rotatable bonds is 2. The van der Waals surface area contributed by atoms with Crippen LogP contribution in [0.2, 0.25) is 0 Å². The topological polar surface area (TPSA) is 38.1 Å². The van der Waals surface area contributed by atoms with Gasteiger partial charge in [-0.1, -0.05) is 0 Å². The Morgan fingerprint density at radius 1 is 1.19 bits per heavy atom. The van der Waals surface area contributed by atoms with E-state index in [2.05, 4.69) is 35.5 Å². The number of amides is 1. The lowest BCUT2D eigenvalue weighted by Crippen LogP contribution is -2.22. The van der Waals surface area contributed by atoms with Crippen molar-refractivity contribution in [2.45, 2.75) is 13.8 Å². The number of hydrogen-bond acceptors (Lipinski definition) is 3. The third-order valence-electron chi connectivity index (χ3n) is 3.54. The quantitative estimate of drug-likeness (QED) is 0.727. The number of carbonyl (C=O) groups excluding carboxylic acids is 1. The summed E-state index contributed by atoms with van der Waals surface area (Å²) in [5, 5.41) is 1.02. The summed E-state index contributed by atoms with van der Waals surface area (Å²) >= 11 is 1.45. The highest BCUT2D eigenvalue weighted by Gasteiger charge is 2.23. The van der Waals surface area contributed by atoms with Crippen molar-refractivity contribution in [3.8, 4) is 5.69 Å². The Labute approximate surface area is 127 Å². The molecular weight excluding hydrogens is 282 g/mol. The molecule has 0 aliphatic heterocycles. The first kappa shape index (κ1) is 13.8. The Kier molecular flexibility index (Phi) is 3.29. The van der Waals surface area contributed by atoms with Gasteiger partial charge in [0, 0.05) is 37.1 Å². The number of carbonyl (C=O) groups is 1. The average molecular weight is 299 g/mol. The second-order valence-corrected chi connectivity index (χ2v) is 6.29. The van der Waals surface area contributed by atoms with Gasteiger partial charge in [0.05, 0.1) is 5.69 Å². The molecule has 0 atom stereocenters. The standard InChI is InChI=1S/C16H17N3OS/c1-10-7-8-11(2)19(10)13-12-6-5-9-17-15(12)21-14(13)16(20)18(3)4/h5-9H,1-4H3. The molecule has 0 aliphatic carbocycles. The van der Waals surface area contributed by atoms with Gasteiger partial charge in [0.1, 0.15) is 9.71 Å². The highest BCUT2D eigenvalue weighted by molar-refractivity contribution is 7.21. The van der Waals surface area contributed by atoms with Crippen LogP contribution in [0.3, 0.4) is 0 Å². The summed E-state index contributed by atoms with van der Waals surface area (Å²) in [5.41, 5.74) is 3.18. The van der Waals surface area contributed by atoms with Gasteiger partial charge in [-0.15, -0.1) is 11.3 Å². The number of fused-ring (bicyclic) bond motifs is 1. The lowest BCUT2D eigenvalue weighted by Gasteiger charge is -2.14. The highest BCUT2D eigenvalue weighted by atomic mass is 32.1. The molecule has 1 amide bonds. The Balaban J connectivity index is 2.39. The van der Waals surface area contributed by atoms with Crippen molar-refractivity contribution in [1.29, 1.82) is 0 Å². The molecule has 0 spiro atoms. The number of pyridine rings is 1. The molecule has 108 valence electrons. The van der Waals surface area contributed by atoms with Gasteiger partial charge in [-0.2, -0.15) is 0 Å². The second kappa shape index (κ2) is 5.00. The smallest absolute Gasteiger partial charge is 0.265 e. The number of nitrogens with zero attached hydrogens (tertiary/aromatic N) is 3. The average Bonchev–Trinajstić information content (AvgIpc) is 2.98. The summed E-state index contributed by atoms with van der Waals surface area (Å²) in [6.07, 6.45) is 1.77. The predicted octanol–water partition coefficient (Wildman–Crippen LogP) is 3.41. The molecule has 0 bridgehead atoms. The van der Waals surface area contributed by atoms with Crippen LogP contribution in [-0.2, 0) is 0 Å². The zero-order valence-electron chi connectivity index (χ0n) is 12.5. The van der Waals surface area contributed by atoms with Crippen molar-refractivity contribution in [3.05, 3.63) is 46.7 Å². The fourth-order valence-corrected chi connectivity index (χ4v) is 3.66. The van der Waals surface area contributed by atoms with E-state index in [-0.39, 0.29) is 5.91 Å². The molecule has 0 unspecified atom stereocenters. The van der Waals surface area contributed by atoms with Gasteiger partial charge >= 0.3 is 0 Å². The molecule has 0 saturated heterocycles. The van der Waals surface area contributed by atoms with Crippen LogP contribution in [-0.4, -0.2) is 34.5 Å². The number of aromatic nitrogens is 2. The van der Waals surface area contributed by atoms with E-state index in [9.17, 15) is 4.79 Å². The summed E-state index contributed by atoms with van der Waals surface area (Å²) in [6, 6.07) is 8.08. The van der Waals surface area contributed by atoms with E-state index in [1.165, 1.54) is 11.3 Å². The zero-order chi connectivity index (χ0) is 15.1. The van der Waals surface area contributed by atoms with Crippen LogP contribution in [0.15, 0.2) is 30.5 Å². The normalized spacial score (nSPS) is 11.0. The van der Waals surface area contributed by atoms with Crippen LogP contribution in [0, 0.1) is 13.8 Å². The van der Waals surface area contributed by atoms with Gasteiger partial charge in [0.25, 0.3) is 5.91 Å². The Morgan fingerprint density at radius 3 is 2.48 bits per heavy atom. The first-order valence-electron chi connectivity index (χ1n) is 6.75. The minimum Gasteiger partial charge on any atom is -0.344 e. The van der Waals surface area contributed by atoms with E-state index in [0.29, 0.717) is 0 Å². The maximum atomic E-state index is 12.5. The highest BCUT2D eigenvalue weighted by Crippen LogP contribution is 2.35. The maximum absolute atomic E-state index is 12.5. The first-order chi connectivity index (χ1) is 10.0. The summed E-state index contributed by atoms with van der Waals surface area (Å²) < 4.78 is 2.14. The van der Waals surface area contributed by atoms with E-state index in [0.717, 1.165) is 32.2 Å². The third kappa shape index (κ3) is 2.14. The van der Waals surface area contributed by atoms with Gasteiger partial charge in [-0.05, 0) is 38.1 Å². The van der Waals surface area contributed by atoms with Crippen LogP contribution >= 0.6 is 11.3 Å². The van der Waals surface area contributed by atoms with Crippen molar-refractivity contribution < 1.29 is 4.79 Å². The van der Waals surface area contributed by atoms with Gasteiger partial charge in [0.15, 0.2) is 0 Å². The molecule has 3 heterocycles. The van der Waals surface area contributed by atoms with Crippen LogP contribution in [0.5, 0.6) is 0 Å². The summed E-state index contributed by atoms with van der Waals surface area (Å²) in [7, 11) is 3.55. The van der Waals surface area contributed by atoms with Crippen LogP contribution < -0.4 is 0 Å². The van der Waals surface area contributed by atoms with Crippen LogP contribution in [0.25, 0.3) is 15.9 Å². The van der Waals surface area contributed by atoms with Crippen molar-refractivity contribution in [1.82, 2.24) is 14.5 Å². The van der Waals surface area contributed by atoms with Crippen molar-refractivity contribution in [3.63, 3.8) is 0 Å². The molecule has 3 aromatic heterocycles. The van der Waals surface area contributed by atoms with Gasteiger partial charge < -0.3 is 9.47 Å². The Bertz CT molecular complexity index is 810. The molecule has 21 heavy (non-hydrogen) atoms. The van der Waals surface area contributed by atoms with E-state index >= 15 is 0 Å². The molecule has 3 rings (SSSR count). The molecular formula is C16H17N3OS. The molecule has 0 saturated carbocycles. The van der Waals surface area contributed by atoms with Gasteiger partial charge in [-0.3, -0.25) is 4.79 Å². The van der Waals surface area contributed by atoms with Crippen LogP contribution in [0.4, 0.5) is 0 Å². The number of aryl methyl sites for hydroxylation is 2. The van der Waals surface area contributed by atoms with Gasteiger partial charge in [-0.25, -0.2) is 4.98 Å². The SMILES string of the molecule is Cc1ccc(C)n1-c1c(C(=O)N(C)C)sc2ncccc12. The summed E-state index contributed by atoms with van der Waals surface area (Å²) in [4.78, 5) is 20.2. The number of hydrogen-bond donors (Lipinski definition) is 0.